The van der Waals surface area contributed by atoms with E-state index in [0.717, 1.165) is 25.8 Å². The summed E-state index contributed by atoms with van der Waals surface area (Å²) in [5.74, 6) is 0.168. The number of nitrogens with one attached hydrogen (secondary N) is 1. The van der Waals surface area contributed by atoms with Gasteiger partial charge in [-0.2, -0.15) is 0 Å². The van der Waals surface area contributed by atoms with Gasteiger partial charge in [-0.25, -0.2) is 0 Å². The highest BCUT2D eigenvalue weighted by Crippen LogP contribution is 2.18. The first kappa shape index (κ1) is 13.6. The number of hydrogen-bond acceptors (Lipinski definition) is 3. The van der Waals surface area contributed by atoms with Crippen LogP contribution in [0.2, 0.25) is 0 Å². The molecule has 0 spiro atoms. The Labute approximate surface area is 87.4 Å². The minimum absolute atomic E-state index is 0.168. The minimum Gasteiger partial charge on any atom is -0.321 e. The summed E-state index contributed by atoms with van der Waals surface area (Å²) in [7, 11) is 1.93. The van der Waals surface area contributed by atoms with E-state index in [2.05, 4.69) is 5.32 Å². The molecule has 0 aliphatic rings. The van der Waals surface area contributed by atoms with Crippen molar-refractivity contribution in [3.63, 3.8) is 0 Å². The predicted octanol–water partition coefficient (Wildman–Crippen LogP) is 1.32. The van der Waals surface area contributed by atoms with Crippen molar-refractivity contribution in [1.29, 1.82) is 0 Å². The van der Waals surface area contributed by atoms with Crippen LogP contribution >= 0.6 is 0 Å². The summed E-state index contributed by atoms with van der Waals surface area (Å²) in [6, 6.07) is -0.285. The van der Waals surface area contributed by atoms with Gasteiger partial charge in [-0.15, -0.1) is 0 Å². The summed E-state index contributed by atoms with van der Waals surface area (Å²) >= 11 is 0. The molecule has 0 saturated heterocycles. The molecule has 0 radical (unpaired) electrons. The van der Waals surface area contributed by atoms with Crippen LogP contribution in [0.1, 0.15) is 40.0 Å². The van der Waals surface area contributed by atoms with Gasteiger partial charge in [0.25, 0.3) is 0 Å². The Morgan fingerprint density at radius 1 is 1.36 bits per heavy atom. The van der Waals surface area contributed by atoms with Gasteiger partial charge in [0, 0.05) is 5.41 Å². The average molecular weight is 200 g/mol. The number of Topliss-reactive ketones (excluding diaryl/α,β-unsaturated/α-hetero) is 1. The number of ketones is 1. The standard InChI is InChI=1S/C11H24N2O/c1-11(2,3)10(14)9(12)7-5-6-8-13-4/h9,13H,5-8,12H2,1-4H3/t9-/m0/s1. The van der Waals surface area contributed by atoms with Gasteiger partial charge in [0.1, 0.15) is 0 Å². The molecule has 0 aromatic rings. The minimum atomic E-state index is -0.303. The summed E-state index contributed by atoms with van der Waals surface area (Å²) in [6.45, 7) is 6.75. The van der Waals surface area contributed by atoms with E-state index < -0.39 is 0 Å². The lowest BCUT2D eigenvalue weighted by Gasteiger charge is -2.21. The molecule has 0 amide bonds. The number of nitrogens with two attached hydrogens (primary N) is 1. The Bertz CT molecular complexity index is 173. The predicted molar refractivity (Wildman–Crippen MR) is 60.2 cm³/mol. The van der Waals surface area contributed by atoms with Gasteiger partial charge in [0.2, 0.25) is 0 Å². The number of carbonyl (C=O) groups is 1. The van der Waals surface area contributed by atoms with Crippen LogP contribution in [0.25, 0.3) is 0 Å². The van der Waals surface area contributed by atoms with Crippen molar-refractivity contribution in [3.05, 3.63) is 0 Å². The Hall–Kier alpha value is -0.410. The van der Waals surface area contributed by atoms with Gasteiger partial charge < -0.3 is 11.1 Å². The zero-order chi connectivity index (χ0) is 11.2. The van der Waals surface area contributed by atoms with Crippen molar-refractivity contribution in [3.8, 4) is 0 Å². The molecule has 0 aliphatic carbocycles. The second-order valence-corrected chi connectivity index (χ2v) is 4.82. The molecular formula is C11H24N2O. The molecule has 0 aromatic carbocycles. The maximum absolute atomic E-state index is 11.7. The number of rotatable bonds is 6. The van der Waals surface area contributed by atoms with Crippen LogP contribution in [0.3, 0.4) is 0 Å². The van der Waals surface area contributed by atoms with Crippen LogP contribution in [0.5, 0.6) is 0 Å². The van der Waals surface area contributed by atoms with Crippen LogP contribution in [0, 0.1) is 5.41 Å². The van der Waals surface area contributed by atoms with E-state index in [-0.39, 0.29) is 17.2 Å². The van der Waals surface area contributed by atoms with E-state index in [1.165, 1.54) is 0 Å². The normalized spacial score (nSPS) is 14.1. The van der Waals surface area contributed by atoms with Gasteiger partial charge in [-0.1, -0.05) is 27.2 Å². The highest BCUT2D eigenvalue weighted by atomic mass is 16.1. The molecule has 0 aromatic heterocycles. The smallest absolute Gasteiger partial charge is 0.154 e. The van der Waals surface area contributed by atoms with E-state index in [1.807, 2.05) is 27.8 Å². The Kier molecular flexibility index (Phi) is 5.96. The molecule has 0 fully saturated rings. The molecule has 84 valence electrons. The van der Waals surface area contributed by atoms with Crippen LogP contribution < -0.4 is 11.1 Å². The fraction of sp³-hybridized carbons (Fsp3) is 0.909. The van der Waals surface area contributed by atoms with Crippen molar-refractivity contribution >= 4 is 5.78 Å². The monoisotopic (exact) mass is 200 g/mol. The molecule has 3 N–H and O–H groups in total. The molecule has 0 bridgehead atoms. The molecule has 0 unspecified atom stereocenters. The van der Waals surface area contributed by atoms with E-state index >= 15 is 0 Å². The maximum Gasteiger partial charge on any atom is 0.154 e. The SMILES string of the molecule is CNCCCC[C@H](N)C(=O)C(C)(C)C. The first-order valence-electron chi connectivity index (χ1n) is 5.34. The van der Waals surface area contributed by atoms with Crippen molar-refractivity contribution in [2.45, 2.75) is 46.1 Å². The average Bonchev–Trinajstić information content (AvgIpc) is 2.09. The lowest BCUT2D eigenvalue weighted by atomic mass is 9.85. The molecule has 14 heavy (non-hydrogen) atoms. The fourth-order valence-corrected chi connectivity index (χ4v) is 1.35. The summed E-state index contributed by atoms with van der Waals surface area (Å²) in [4.78, 5) is 11.7. The van der Waals surface area contributed by atoms with Gasteiger partial charge in [-0.3, -0.25) is 4.79 Å². The van der Waals surface area contributed by atoms with Gasteiger partial charge >= 0.3 is 0 Å². The van der Waals surface area contributed by atoms with Crippen LogP contribution in [0.4, 0.5) is 0 Å². The Balaban J connectivity index is 3.74. The van der Waals surface area contributed by atoms with E-state index in [9.17, 15) is 4.79 Å². The van der Waals surface area contributed by atoms with Gasteiger partial charge in [0.05, 0.1) is 6.04 Å². The summed E-state index contributed by atoms with van der Waals surface area (Å²) in [5.41, 5.74) is 5.51. The molecular weight excluding hydrogens is 176 g/mol. The lowest BCUT2D eigenvalue weighted by molar-refractivity contribution is -0.127. The number of carbonyl (C=O) groups excluding carboxylic acids is 1. The summed E-state index contributed by atoms with van der Waals surface area (Å²) < 4.78 is 0. The molecule has 0 rings (SSSR count). The third-order valence-electron chi connectivity index (χ3n) is 2.27. The van der Waals surface area contributed by atoms with Gasteiger partial charge in [-0.05, 0) is 26.4 Å². The molecule has 0 aliphatic heterocycles. The second-order valence-electron chi connectivity index (χ2n) is 4.82. The highest BCUT2D eigenvalue weighted by Gasteiger charge is 2.26. The van der Waals surface area contributed by atoms with Crippen molar-refractivity contribution in [2.75, 3.05) is 13.6 Å². The topological polar surface area (TPSA) is 55.1 Å². The van der Waals surface area contributed by atoms with Crippen LogP contribution in [-0.2, 0) is 4.79 Å². The maximum atomic E-state index is 11.7. The number of unbranched alkanes of at least 4 members (excludes halogenated alkanes) is 1. The largest absolute Gasteiger partial charge is 0.321 e. The van der Waals surface area contributed by atoms with Crippen molar-refractivity contribution < 1.29 is 4.79 Å². The van der Waals surface area contributed by atoms with Crippen molar-refractivity contribution in [1.82, 2.24) is 5.32 Å². The number of hydrogen-bond donors (Lipinski definition) is 2. The quantitative estimate of drug-likeness (QED) is 0.636. The summed E-state index contributed by atoms with van der Waals surface area (Å²) in [5, 5.41) is 3.08. The summed E-state index contributed by atoms with van der Waals surface area (Å²) in [6.07, 6.45) is 2.91. The first-order valence-corrected chi connectivity index (χ1v) is 5.34. The van der Waals surface area contributed by atoms with E-state index in [4.69, 9.17) is 5.73 Å². The third kappa shape index (κ3) is 5.35. The van der Waals surface area contributed by atoms with Gasteiger partial charge in [0.15, 0.2) is 5.78 Å². The highest BCUT2D eigenvalue weighted by molar-refractivity contribution is 5.88. The third-order valence-corrected chi connectivity index (χ3v) is 2.27. The molecule has 1 atom stereocenters. The molecule has 0 heterocycles. The van der Waals surface area contributed by atoms with Crippen molar-refractivity contribution in [2.24, 2.45) is 11.1 Å². The second kappa shape index (κ2) is 6.14. The van der Waals surface area contributed by atoms with Crippen LogP contribution in [-0.4, -0.2) is 25.4 Å². The van der Waals surface area contributed by atoms with Crippen LogP contribution in [0.15, 0.2) is 0 Å². The van der Waals surface area contributed by atoms with E-state index in [1.54, 1.807) is 0 Å². The lowest BCUT2D eigenvalue weighted by Crippen LogP contribution is -2.38. The molecule has 3 heteroatoms. The first-order chi connectivity index (χ1) is 6.39. The van der Waals surface area contributed by atoms with E-state index in [0.29, 0.717) is 0 Å². The molecule has 3 nitrogen and oxygen atoms in total. The Morgan fingerprint density at radius 3 is 2.36 bits per heavy atom. The fourth-order valence-electron chi connectivity index (χ4n) is 1.35. The zero-order valence-corrected chi connectivity index (χ0v) is 9.89. The molecule has 0 saturated carbocycles. The zero-order valence-electron chi connectivity index (χ0n) is 9.89. The Morgan fingerprint density at radius 2 is 1.93 bits per heavy atom.